The molecule has 1 aromatic carbocycles. The number of ether oxygens (including phenoxy) is 1. The van der Waals surface area contributed by atoms with Gasteiger partial charge < -0.3 is 9.64 Å². The predicted molar refractivity (Wildman–Crippen MR) is 78.6 cm³/mol. The van der Waals surface area contributed by atoms with Crippen LogP contribution < -0.4 is 0 Å². The molecule has 1 heterocycles. The molecule has 2 rings (SSSR count). The lowest BCUT2D eigenvalue weighted by Gasteiger charge is -2.33. The molecule has 0 aliphatic carbocycles. The lowest BCUT2D eigenvalue weighted by Crippen LogP contribution is -2.47. The van der Waals surface area contributed by atoms with Crippen LogP contribution in [-0.4, -0.2) is 63.4 Å². The Hall–Kier alpha value is -1.44. The van der Waals surface area contributed by atoms with Gasteiger partial charge in [-0.15, -0.1) is 0 Å². The third-order valence-corrected chi connectivity index (χ3v) is 5.34. The lowest BCUT2D eigenvalue weighted by molar-refractivity contribution is 0.00359. The van der Waals surface area contributed by atoms with Crippen molar-refractivity contribution in [3.05, 3.63) is 29.8 Å². The van der Waals surface area contributed by atoms with Crippen LogP contribution in [0.4, 0.5) is 0 Å². The molecule has 1 fully saturated rings. The van der Waals surface area contributed by atoms with Crippen molar-refractivity contribution in [2.75, 3.05) is 33.9 Å². The van der Waals surface area contributed by atoms with Crippen LogP contribution in [0.3, 0.4) is 0 Å². The quantitative estimate of drug-likeness (QED) is 0.828. The van der Waals surface area contributed by atoms with Crippen LogP contribution in [0.15, 0.2) is 29.2 Å². The Morgan fingerprint density at radius 3 is 2.43 bits per heavy atom. The molecule has 0 bridgehead atoms. The Morgan fingerprint density at radius 2 is 1.90 bits per heavy atom. The van der Waals surface area contributed by atoms with E-state index in [-0.39, 0.29) is 16.8 Å². The number of morpholine rings is 1. The molecule has 1 unspecified atom stereocenters. The van der Waals surface area contributed by atoms with Crippen molar-refractivity contribution in [3.63, 3.8) is 0 Å². The fraction of sp³-hybridized carbons (Fsp3) is 0.500. The first kappa shape index (κ1) is 15.9. The van der Waals surface area contributed by atoms with Gasteiger partial charge in [-0.25, -0.2) is 12.7 Å². The Morgan fingerprint density at radius 1 is 1.29 bits per heavy atom. The second-order valence-electron chi connectivity index (χ2n) is 5.23. The number of carbonyl (C=O) groups excluding carboxylic acids is 1. The van der Waals surface area contributed by atoms with E-state index in [2.05, 4.69) is 0 Å². The van der Waals surface area contributed by atoms with Crippen LogP contribution in [-0.2, 0) is 14.8 Å². The summed E-state index contributed by atoms with van der Waals surface area (Å²) in [6, 6.07) is 6.07. The van der Waals surface area contributed by atoms with Crippen molar-refractivity contribution in [2.45, 2.75) is 17.9 Å². The highest BCUT2D eigenvalue weighted by molar-refractivity contribution is 7.89. The molecule has 0 spiro atoms. The van der Waals surface area contributed by atoms with Crippen molar-refractivity contribution in [2.24, 2.45) is 0 Å². The smallest absolute Gasteiger partial charge is 0.254 e. The number of hydrogen-bond donors (Lipinski definition) is 0. The predicted octanol–water partition coefficient (Wildman–Crippen LogP) is 0.798. The maximum atomic E-state index is 12.4. The van der Waals surface area contributed by atoms with E-state index in [0.717, 1.165) is 4.31 Å². The molecule has 1 aromatic rings. The van der Waals surface area contributed by atoms with Gasteiger partial charge in [0.2, 0.25) is 10.0 Å². The molecule has 1 aliphatic rings. The number of rotatable bonds is 3. The summed E-state index contributed by atoms with van der Waals surface area (Å²) in [5.41, 5.74) is 0.487. The van der Waals surface area contributed by atoms with Gasteiger partial charge in [0.15, 0.2) is 0 Å². The Labute approximate surface area is 125 Å². The van der Waals surface area contributed by atoms with E-state index >= 15 is 0 Å². The molecule has 116 valence electrons. The highest BCUT2D eigenvalue weighted by atomic mass is 32.2. The monoisotopic (exact) mass is 312 g/mol. The molecule has 0 saturated carbocycles. The summed E-state index contributed by atoms with van der Waals surface area (Å²) in [4.78, 5) is 14.3. The molecule has 7 heteroatoms. The van der Waals surface area contributed by atoms with Crippen LogP contribution in [0.25, 0.3) is 0 Å². The van der Waals surface area contributed by atoms with Gasteiger partial charge in [0.05, 0.1) is 24.2 Å². The Bertz CT molecular complexity index is 610. The molecule has 0 N–H and O–H groups in total. The lowest BCUT2D eigenvalue weighted by atomic mass is 10.1. The van der Waals surface area contributed by atoms with Crippen molar-refractivity contribution in [1.82, 2.24) is 9.21 Å². The molecule has 1 atom stereocenters. The standard InChI is InChI=1S/C14H20N2O4S/c1-11-10-20-9-8-16(11)14(17)12-4-6-13(7-5-12)21(18,19)15(2)3/h4-7,11H,8-10H2,1-3H3. The highest BCUT2D eigenvalue weighted by Crippen LogP contribution is 2.17. The molecule has 1 amide bonds. The largest absolute Gasteiger partial charge is 0.377 e. The van der Waals surface area contributed by atoms with Crippen LogP contribution in [0, 0.1) is 0 Å². The maximum Gasteiger partial charge on any atom is 0.254 e. The average molecular weight is 312 g/mol. The molecule has 1 saturated heterocycles. The Balaban J connectivity index is 2.21. The number of amides is 1. The normalized spacial score (nSPS) is 19.8. The van der Waals surface area contributed by atoms with Crippen molar-refractivity contribution in [1.29, 1.82) is 0 Å². The van der Waals surface area contributed by atoms with Gasteiger partial charge in [0.1, 0.15) is 0 Å². The van der Waals surface area contributed by atoms with E-state index in [4.69, 9.17) is 4.74 Å². The Kier molecular flexibility index (Phi) is 4.65. The first-order valence-electron chi connectivity index (χ1n) is 6.75. The number of nitrogens with zero attached hydrogens (tertiary/aromatic N) is 2. The molecule has 0 aromatic heterocycles. The first-order chi connectivity index (χ1) is 9.84. The maximum absolute atomic E-state index is 12.4. The number of sulfonamides is 1. The van der Waals surface area contributed by atoms with Crippen LogP contribution in [0.2, 0.25) is 0 Å². The van der Waals surface area contributed by atoms with Crippen LogP contribution >= 0.6 is 0 Å². The van der Waals surface area contributed by atoms with Gasteiger partial charge >= 0.3 is 0 Å². The second kappa shape index (κ2) is 6.13. The van der Waals surface area contributed by atoms with Crippen molar-refractivity contribution < 1.29 is 17.9 Å². The summed E-state index contributed by atoms with van der Waals surface area (Å²) in [7, 11) is -0.515. The minimum Gasteiger partial charge on any atom is -0.377 e. The van der Waals surface area contributed by atoms with Gasteiger partial charge in [-0.05, 0) is 31.2 Å². The molecular weight excluding hydrogens is 292 g/mol. The first-order valence-corrected chi connectivity index (χ1v) is 8.19. The fourth-order valence-electron chi connectivity index (χ4n) is 2.17. The van der Waals surface area contributed by atoms with E-state index in [1.165, 1.54) is 26.2 Å². The highest BCUT2D eigenvalue weighted by Gasteiger charge is 2.25. The average Bonchev–Trinajstić information content (AvgIpc) is 2.47. The second-order valence-corrected chi connectivity index (χ2v) is 7.39. The number of benzene rings is 1. The van der Waals surface area contributed by atoms with Gasteiger partial charge in [-0.3, -0.25) is 4.79 Å². The summed E-state index contributed by atoms with van der Waals surface area (Å²) in [5, 5.41) is 0. The molecule has 1 aliphatic heterocycles. The molecular formula is C14H20N2O4S. The fourth-order valence-corrected chi connectivity index (χ4v) is 3.08. The third-order valence-electron chi connectivity index (χ3n) is 3.51. The van der Waals surface area contributed by atoms with E-state index in [0.29, 0.717) is 25.3 Å². The SMILES string of the molecule is CC1COCCN1C(=O)c1ccc(S(=O)(=O)N(C)C)cc1. The summed E-state index contributed by atoms with van der Waals surface area (Å²) in [6.45, 7) is 3.54. The van der Waals surface area contributed by atoms with Crippen molar-refractivity contribution in [3.8, 4) is 0 Å². The zero-order valence-corrected chi connectivity index (χ0v) is 13.3. The van der Waals surface area contributed by atoms with E-state index in [1.807, 2.05) is 6.92 Å². The van der Waals surface area contributed by atoms with Gasteiger partial charge in [-0.1, -0.05) is 0 Å². The zero-order valence-electron chi connectivity index (χ0n) is 12.4. The number of carbonyl (C=O) groups is 1. The minimum atomic E-state index is -3.47. The molecule has 0 radical (unpaired) electrons. The number of hydrogen-bond acceptors (Lipinski definition) is 4. The molecule has 21 heavy (non-hydrogen) atoms. The summed E-state index contributed by atoms with van der Waals surface area (Å²) in [6.07, 6.45) is 0. The topological polar surface area (TPSA) is 66.9 Å². The minimum absolute atomic E-state index is 0.0245. The summed E-state index contributed by atoms with van der Waals surface area (Å²) >= 11 is 0. The summed E-state index contributed by atoms with van der Waals surface area (Å²) in [5.74, 6) is -0.0976. The van der Waals surface area contributed by atoms with E-state index < -0.39 is 10.0 Å². The zero-order chi connectivity index (χ0) is 15.6. The van der Waals surface area contributed by atoms with E-state index in [9.17, 15) is 13.2 Å². The van der Waals surface area contributed by atoms with E-state index in [1.54, 1.807) is 17.0 Å². The van der Waals surface area contributed by atoms with Crippen LogP contribution in [0.5, 0.6) is 0 Å². The van der Waals surface area contributed by atoms with Crippen molar-refractivity contribution >= 4 is 15.9 Å². The van der Waals surface area contributed by atoms with Crippen LogP contribution in [0.1, 0.15) is 17.3 Å². The van der Waals surface area contributed by atoms with Gasteiger partial charge in [-0.2, -0.15) is 0 Å². The van der Waals surface area contributed by atoms with Gasteiger partial charge in [0.25, 0.3) is 5.91 Å². The molecule has 6 nitrogen and oxygen atoms in total. The third kappa shape index (κ3) is 3.25. The summed E-state index contributed by atoms with van der Waals surface area (Å²) < 4.78 is 30.4. The van der Waals surface area contributed by atoms with Gasteiger partial charge in [0, 0.05) is 26.2 Å².